The Balaban J connectivity index is 1.16. The summed E-state index contributed by atoms with van der Waals surface area (Å²) >= 11 is 0. The Morgan fingerprint density at radius 3 is 2.27 bits per heavy atom. The Morgan fingerprint density at radius 1 is 0.800 bits per heavy atom. The molecule has 2 aliphatic heterocycles. The van der Waals surface area contributed by atoms with Crippen LogP contribution in [0, 0.1) is 0 Å². The second-order valence-corrected chi connectivity index (χ2v) is 8.02. The zero-order chi connectivity index (χ0) is 20.3. The lowest BCUT2D eigenvalue weighted by Gasteiger charge is -2.48. The molecular weight excluding hydrogens is 372 g/mol. The highest BCUT2D eigenvalue weighted by atomic mass is 16.2. The van der Waals surface area contributed by atoms with Gasteiger partial charge in [0.2, 0.25) is 0 Å². The first kappa shape index (κ1) is 18.8. The van der Waals surface area contributed by atoms with Crippen LogP contribution in [0.5, 0.6) is 0 Å². The summed E-state index contributed by atoms with van der Waals surface area (Å²) in [5.74, 6) is 1.19. The summed E-state index contributed by atoms with van der Waals surface area (Å²) in [5.41, 5.74) is 3.00. The van der Waals surface area contributed by atoms with Crippen LogP contribution in [-0.2, 0) is 0 Å². The SMILES string of the molecule is O=C(c1cccc(-c2ccccc2)c1)N1CC(N2CCN(c3ccccn3)CC2)C1. The molecule has 0 saturated carbocycles. The predicted molar refractivity (Wildman–Crippen MR) is 120 cm³/mol. The third-order valence-electron chi connectivity index (χ3n) is 6.17. The Bertz CT molecular complexity index is 994. The zero-order valence-corrected chi connectivity index (χ0v) is 17.0. The number of carbonyl (C=O) groups excluding carboxylic acids is 1. The van der Waals surface area contributed by atoms with Crippen molar-refractivity contribution in [3.63, 3.8) is 0 Å². The zero-order valence-electron chi connectivity index (χ0n) is 17.0. The van der Waals surface area contributed by atoms with Crippen molar-refractivity contribution >= 4 is 11.7 Å². The molecule has 0 spiro atoms. The highest BCUT2D eigenvalue weighted by Crippen LogP contribution is 2.24. The fourth-order valence-electron chi connectivity index (χ4n) is 4.35. The maximum atomic E-state index is 13.0. The predicted octanol–water partition coefficient (Wildman–Crippen LogP) is 3.40. The summed E-state index contributed by atoms with van der Waals surface area (Å²) in [6, 6.07) is 24.7. The largest absolute Gasteiger partial charge is 0.354 e. The van der Waals surface area contributed by atoms with Crippen molar-refractivity contribution in [2.24, 2.45) is 0 Å². The Kier molecular flexibility index (Phi) is 5.20. The van der Waals surface area contributed by atoms with Gasteiger partial charge in [-0.2, -0.15) is 0 Å². The van der Waals surface area contributed by atoms with E-state index < -0.39 is 0 Å². The van der Waals surface area contributed by atoms with Gasteiger partial charge in [-0.1, -0.05) is 48.5 Å². The average molecular weight is 399 g/mol. The standard InChI is InChI=1S/C25H26N4O/c30-25(22-10-6-9-21(17-22)20-7-2-1-3-8-20)29-18-23(19-29)27-13-15-28(16-14-27)24-11-4-5-12-26-24/h1-12,17,23H,13-16,18-19H2. The van der Waals surface area contributed by atoms with Crippen LogP contribution in [0.25, 0.3) is 11.1 Å². The molecule has 1 aromatic heterocycles. The van der Waals surface area contributed by atoms with Crippen LogP contribution in [0.3, 0.4) is 0 Å². The number of hydrogen-bond donors (Lipinski definition) is 0. The van der Waals surface area contributed by atoms with Gasteiger partial charge in [-0.15, -0.1) is 0 Å². The number of aromatic nitrogens is 1. The number of anilines is 1. The van der Waals surface area contributed by atoms with Gasteiger partial charge in [-0.25, -0.2) is 4.98 Å². The highest BCUT2D eigenvalue weighted by Gasteiger charge is 2.36. The number of nitrogens with zero attached hydrogens (tertiary/aromatic N) is 4. The van der Waals surface area contributed by atoms with E-state index in [1.54, 1.807) is 0 Å². The van der Waals surface area contributed by atoms with Crippen molar-refractivity contribution in [2.75, 3.05) is 44.2 Å². The van der Waals surface area contributed by atoms with E-state index >= 15 is 0 Å². The fraction of sp³-hybridized carbons (Fsp3) is 0.280. The van der Waals surface area contributed by atoms with Crippen LogP contribution >= 0.6 is 0 Å². The van der Waals surface area contributed by atoms with Gasteiger partial charge < -0.3 is 9.80 Å². The van der Waals surface area contributed by atoms with E-state index in [-0.39, 0.29) is 5.91 Å². The summed E-state index contributed by atoms with van der Waals surface area (Å²) in [6.07, 6.45) is 1.85. The van der Waals surface area contributed by atoms with Gasteiger partial charge in [0.05, 0.1) is 0 Å². The smallest absolute Gasteiger partial charge is 0.253 e. The van der Waals surface area contributed by atoms with Gasteiger partial charge >= 0.3 is 0 Å². The van der Waals surface area contributed by atoms with Crippen LogP contribution in [0.4, 0.5) is 5.82 Å². The van der Waals surface area contributed by atoms with E-state index in [0.717, 1.165) is 61.8 Å². The van der Waals surface area contributed by atoms with Crippen LogP contribution < -0.4 is 4.90 Å². The van der Waals surface area contributed by atoms with Gasteiger partial charge in [0.1, 0.15) is 5.82 Å². The minimum Gasteiger partial charge on any atom is -0.354 e. The monoisotopic (exact) mass is 398 g/mol. The minimum absolute atomic E-state index is 0.135. The Labute approximate surface area is 177 Å². The van der Waals surface area contributed by atoms with Crippen molar-refractivity contribution in [1.82, 2.24) is 14.8 Å². The molecule has 0 radical (unpaired) electrons. The molecule has 5 nitrogen and oxygen atoms in total. The maximum Gasteiger partial charge on any atom is 0.253 e. The van der Waals surface area contributed by atoms with Crippen LogP contribution in [0.1, 0.15) is 10.4 Å². The number of carbonyl (C=O) groups is 1. The number of amides is 1. The van der Waals surface area contributed by atoms with E-state index in [2.05, 4.69) is 39.0 Å². The third-order valence-corrected chi connectivity index (χ3v) is 6.17. The second kappa shape index (κ2) is 8.28. The van der Waals surface area contributed by atoms with Gasteiger partial charge in [0.25, 0.3) is 5.91 Å². The normalized spacial score (nSPS) is 17.6. The fourth-order valence-corrected chi connectivity index (χ4v) is 4.35. The van der Waals surface area contributed by atoms with Crippen molar-refractivity contribution in [1.29, 1.82) is 0 Å². The lowest BCUT2D eigenvalue weighted by molar-refractivity contribution is 0.0246. The summed E-state index contributed by atoms with van der Waals surface area (Å²) in [4.78, 5) is 24.3. The third kappa shape index (κ3) is 3.81. The van der Waals surface area contributed by atoms with Gasteiger partial charge in [-0.3, -0.25) is 9.69 Å². The number of pyridine rings is 1. The van der Waals surface area contributed by atoms with Gasteiger partial charge in [-0.05, 0) is 35.4 Å². The maximum absolute atomic E-state index is 13.0. The van der Waals surface area contributed by atoms with Crippen molar-refractivity contribution < 1.29 is 4.79 Å². The molecule has 0 unspecified atom stereocenters. The number of hydrogen-bond acceptors (Lipinski definition) is 4. The van der Waals surface area contributed by atoms with Gasteiger partial charge in [0.15, 0.2) is 0 Å². The molecule has 0 bridgehead atoms. The summed E-state index contributed by atoms with van der Waals surface area (Å²) < 4.78 is 0. The van der Waals surface area contributed by atoms with E-state index in [0.29, 0.717) is 6.04 Å². The molecule has 2 aliphatic rings. The Morgan fingerprint density at radius 2 is 1.53 bits per heavy atom. The quantitative estimate of drug-likeness (QED) is 0.675. The minimum atomic E-state index is 0.135. The lowest BCUT2D eigenvalue weighted by Crippen LogP contribution is -2.64. The molecule has 5 rings (SSSR count). The van der Waals surface area contributed by atoms with Crippen molar-refractivity contribution in [3.05, 3.63) is 84.6 Å². The number of likely N-dealkylation sites (tertiary alicyclic amines) is 1. The van der Waals surface area contributed by atoms with E-state index in [1.165, 1.54) is 0 Å². The van der Waals surface area contributed by atoms with Crippen LogP contribution in [0.15, 0.2) is 79.0 Å². The first-order valence-electron chi connectivity index (χ1n) is 10.6. The van der Waals surface area contributed by atoms with Crippen LogP contribution in [-0.4, -0.2) is 66.0 Å². The molecule has 3 heterocycles. The molecule has 0 aliphatic carbocycles. The molecule has 5 heteroatoms. The second-order valence-electron chi connectivity index (χ2n) is 8.02. The first-order chi connectivity index (χ1) is 14.8. The lowest BCUT2D eigenvalue weighted by atomic mass is 10.0. The molecule has 152 valence electrons. The molecule has 30 heavy (non-hydrogen) atoms. The molecule has 2 saturated heterocycles. The molecular formula is C25H26N4O. The van der Waals surface area contributed by atoms with E-state index in [9.17, 15) is 4.79 Å². The van der Waals surface area contributed by atoms with E-state index in [4.69, 9.17) is 0 Å². The topological polar surface area (TPSA) is 39.7 Å². The van der Waals surface area contributed by atoms with Crippen molar-refractivity contribution in [2.45, 2.75) is 6.04 Å². The molecule has 3 aromatic rings. The molecule has 0 atom stereocenters. The summed E-state index contributed by atoms with van der Waals surface area (Å²) in [7, 11) is 0. The molecule has 0 N–H and O–H groups in total. The highest BCUT2D eigenvalue weighted by molar-refractivity contribution is 5.96. The number of benzene rings is 2. The summed E-state index contributed by atoms with van der Waals surface area (Å²) in [6.45, 7) is 5.65. The average Bonchev–Trinajstić information content (AvgIpc) is 2.80. The number of rotatable bonds is 4. The van der Waals surface area contributed by atoms with Crippen LogP contribution in [0.2, 0.25) is 0 Å². The molecule has 1 amide bonds. The molecule has 2 fully saturated rings. The van der Waals surface area contributed by atoms with Crippen molar-refractivity contribution in [3.8, 4) is 11.1 Å². The number of piperazine rings is 1. The van der Waals surface area contributed by atoms with Gasteiger partial charge in [0, 0.05) is 57.1 Å². The molecule has 2 aromatic carbocycles. The Hall–Kier alpha value is -3.18. The first-order valence-corrected chi connectivity index (χ1v) is 10.6. The van der Waals surface area contributed by atoms with E-state index in [1.807, 2.05) is 59.6 Å². The summed E-state index contributed by atoms with van der Waals surface area (Å²) in [5, 5.41) is 0.